The molecule has 3 aromatic carbocycles. The summed E-state index contributed by atoms with van der Waals surface area (Å²) >= 11 is 6.00. The first-order chi connectivity index (χ1) is 13.7. The first kappa shape index (κ1) is 19.8. The molecule has 0 aliphatic rings. The molecule has 28 heavy (non-hydrogen) atoms. The predicted octanol–water partition coefficient (Wildman–Crippen LogP) is 5.41. The van der Waals surface area contributed by atoms with Crippen LogP contribution in [0.25, 0.3) is 0 Å². The molecule has 0 saturated heterocycles. The van der Waals surface area contributed by atoms with E-state index in [9.17, 15) is 4.79 Å². The molecule has 0 fully saturated rings. The highest BCUT2D eigenvalue weighted by atomic mass is 35.5. The number of hydrogen-bond acceptors (Lipinski definition) is 3. The van der Waals surface area contributed by atoms with Gasteiger partial charge in [-0.05, 0) is 34.9 Å². The standard InChI is InChI=1S/C23H22ClNO3/c1-27-21-10-6-5-7-17(21)15-16-28-23(26)25-22(18-8-3-2-4-9-18)19-11-13-20(24)14-12-19/h2-14,22H,15-16H2,1H3,(H,25,26). The van der Waals surface area contributed by atoms with Gasteiger partial charge in [-0.1, -0.05) is 72.3 Å². The summed E-state index contributed by atoms with van der Waals surface area (Å²) in [5.74, 6) is 0.787. The number of benzene rings is 3. The molecular weight excluding hydrogens is 374 g/mol. The van der Waals surface area contributed by atoms with Crippen LogP contribution in [0.4, 0.5) is 4.79 Å². The highest BCUT2D eigenvalue weighted by Gasteiger charge is 2.17. The van der Waals surface area contributed by atoms with Crippen LogP contribution in [0.2, 0.25) is 5.02 Å². The van der Waals surface area contributed by atoms with E-state index in [1.165, 1.54) is 0 Å². The van der Waals surface area contributed by atoms with Crippen LogP contribution in [0.3, 0.4) is 0 Å². The Morgan fingerprint density at radius 2 is 1.57 bits per heavy atom. The van der Waals surface area contributed by atoms with Crippen LogP contribution in [-0.4, -0.2) is 19.8 Å². The van der Waals surface area contributed by atoms with Crippen LogP contribution in [0.15, 0.2) is 78.9 Å². The van der Waals surface area contributed by atoms with Gasteiger partial charge in [0.05, 0.1) is 19.8 Å². The van der Waals surface area contributed by atoms with Gasteiger partial charge >= 0.3 is 6.09 Å². The quantitative estimate of drug-likeness (QED) is 0.582. The van der Waals surface area contributed by atoms with E-state index in [2.05, 4.69) is 5.32 Å². The van der Waals surface area contributed by atoms with Crippen LogP contribution in [-0.2, 0) is 11.2 Å². The van der Waals surface area contributed by atoms with Gasteiger partial charge in [-0.15, -0.1) is 0 Å². The Morgan fingerprint density at radius 3 is 2.29 bits per heavy atom. The fourth-order valence-corrected chi connectivity index (χ4v) is 3.11. The molecule has 4 nitrogen and oxygen atoms in total. The van der Waals surface area contributed by atoms with Gasteiger partial charge in [0.1, 0.15) is 5.75 Å². The Balaban J connectivity index is 1.65. The molecule has 1 atom stereocenters. The zero-order valence-electron chi connectivity index (χ0n) is 15.6. The van der Waals surface area contributed by atoms with Gasteiger partial charge in [0.2, 0.25) is 0 Å². The Labute approximate surface area is 170 Å². The Bertz CT molecular complexity index is 897. The lowest BCUT2D eigenvalue weighted by Crippen LogP contribution is -2.30. The summed E-state index contributed by atoms with van der Waals surface area (Å²) in [5, 5.41) is 3.60. The Kier molecular flexibility index (Phi) is 6.93. The summed E-state index contributed by atoms with van der Waals surface area (Å²) in [6.07, 6.45) is 0.104. The van der Waals surface area contributed by atoms with E-state index in [0.717, 1.165) is 22.4 Å². The minimum atomic E-state index is -0.473. The average molecular weight is 396 g/mol. The number of alkyl carbamates (subject to hydrolysis) is 1. The molecule has 0 saturated carbocycles. The molecule has 5 heteroatoms. The summed E-state index contributed by atoms with van der Waals surface area (Å²) in [7, 11) is 1.63. The average Bonchev–Trinajstić information content (AvgIpc) is 2.74. The number of halogens is 1. The third-order valence-electron chi connectivity index (χ3n) is 4.40. The molecular formula is C23H22ClNO3. The summed E-state index contributed by atoms with van der Waals surface area (Å²) in [4.78, 5) is 12.4. The van der Waals surface area contributed by atoms with Crippen molar-refractivity contribution in [3.8, 4) is 5.75 Å². The van der Waals surface area contributed by atoms with Crippen LogP contribution in [0.1, 0.15) is 22.7 Å². The number of nitrogens with one attached hydrogen (secondary N) is 1. The molecule has 144 valence electrons. The maximum Gasteiger partial charge on any atom is 0.407 e. The highest BCUT2D eigenvalue weighted by molar-refractivity contribution is 6.30. The lowest BCUT2D eigenvalue weighted by atomic mass is 9.99. The fraction of sp³-hybridized carbons (Fsp3) is 0.174. The van der Waals surface area contributed by atoms with Crippen molar-refractivity contribution in [3.63, 3.8) is 0 Å². The molecule has 0 spiro atoms. The molecule has 1 unspecified atom stereocenters. The van der Waals surface area contributed by atoms with Crippen molar-refractivity contribution in [2.24, 2.45) is 0 Å². The van der Waals surface area contributed by atoms with E-state index in [1.54, 1.807) is 7.11 Å². The number of methoxy groups -OCH3 is 1. The molecule has 0 aliphatic heterocycles. The first-order valence-corrected chi connectivity index (χ1v) is 9.41. The van der Waals surface area contributed by atoms with Crippen LogP contribution in [0, 0.1) is 0 Å². The Morgan fingerprint density at radius 1 is 0.929 bits per heavy atom. The number of carbonyl (C=O) groups is 1. The molecule has 3 rings (SSSR count). The van der Waals surface area contributed by atoms with Crippen LogP contribution >= 0.6 is 11.6 Å². The van der Waals surface area contributed by atoms with Crippen molar-refractivity contribution >= 4 is 17.7 Å². The van der Waals surface area contributed by atoms with Crippen LogP contribution < -0.4 is 10.1 Å². The van der Waals surface area contributed by atoms with Crippen molar-refractivity contribution in [3.05, 3.63) is 101 Å². The van der Waals surface area contributed by atoms with E-state index in [1.807, 2.05) is 78.9 Å². The second-order valence-corrected chi connectivity index (χ2v) is 6.67. The van der Waals surface area contributed by atoms with E-state index in [-0.39, 0.29) is 12.6 Å². The number of hydrogen-bond donors (Lipinski definition) is 1. The summed E-state index contributed by atoms with van der Waals surface area (Å²) < 4.78 is 10.7. The largest absolute Gasteiger partial charge is 0.496 e. The minimum absolute atomic E-state index is 0.258. The second-order valence-electron chi connectivity index (χ2n) is 6.24. The van der Waals surface area contributed by atoms with Crippen LogP contribution in [0.5, 0.6) is 5.75 Å². The van der Waals surface area contributed by atoms with E-state index in [4.69, 9.17) is 21.1 Å². The van der Waals surface area contributed by atoms with E-state index >= 15 is 0 Å². The van der Waals surface area contributed by atoms with Crippen molar-refractivity contribution in [2.75, 3.05) is 13.7 Å². The minimum Gasteiger partial charge on any atom is -0.496 e. The second kappa shape index (κ2) is 9.81. The molecule has 0 heterocycles. The number of para-hydroxylation sites is 1. The zero-order valence-corrected chi connectivity index (χ0v) is 16.4. The van der Waals surface area contributed by atoms with Crippen molar-refractivity contribution in [2.45, 2.75) is 12.5 Å². The molecule has 0 bridgehead atoms. The van der Waals surface area contributed by atoms with Gasteiger partial charge < -0.3 is 14.8 Å². The van der Waals surface area contributed by atoms with Crippen molar-refractivity contribution in [1.82, 2.24) is 5.32 Å². The zero-order chi connectivity index (χ0) is 19.8. The third kappa shape index (κ3) is 5.27. The van der Waals surface area contributed by atoms with Gasteiger partial charge in [-0.3, -0.25) is 0 Å². The smallest absolute Gasteiger partial charge is 0.407 e. The fourth-order valence-electron chi connectivity index (χ4n) is 2.98. The van der Waals surface area contributed by atoms with E-state index in [0.29, 0.717) is 11.4 Å². The third-order valence-corrected chi connectivity index (χ3v) is 4.65. The molecule has 0 aliphatic carbocycles. The topological polar surface area (TPSA) is 47.6 Å². The number of ether oxygens (including phenoxy) is 2. The molecule has 3 aromatic rings. The SMILES string of the molecule is COc1ccccc1CCOC(=O)NC(c1ccccc1)c1ccc(Cl)cc1. The van der Waals surface area contributed by atoms with Gasteiger partial charge in [0.25, 0.3) is 0 Å². The van der Waals surface area contributed by atoms with Crippen molar-refractivity contribution in [1.29, 1.82) is 0 Å². The summed E-state index contributed by atoms with van der Waals surface area (Å²) in [6, 6.07) is 24.5. The molecule has 1 amide bonds. The predicted molar refractivity (Wildman–Crippen MR) is 111 cm³/mol. The summed E-state index contributed by atoms with van der Waals surface area (Å²) in [6.45, 7) is 0.258. The number of rotatable bonds is 7. The Hall–Kier alpha value is -2.98. The van der Waals surface area contributed by atoms with Gasteiger partial charge in [0.15, 0.2) is 0 Å². The molecule has 0 aromatic heterocycles. The van der Waals surface area contributed by atoms with Gasteiger partial charge in [0, 0.05) is 11.4 Å². The van der Waals surface area contributed by atoms with Crippen molar-refractivity contribution < 1.29 is 14.3 Å². The molecule has 0 radical (unpaired) electrons. The normalized spacial score (nSPS) is 11.5. The summed E-state index contributed by atoms with van der Waals surface area (Å²) in [5.41, 5.74) is 2.89. The highest BCUT2D eigenvalue weighted by Crippen LogP contribution is 2.24. The first-order valence-electron chi connectivity index (χ1n) is 9.03. The van der Waals surface area contributed by atoms with E-state index < -0.39 is 6.09 Å². The molecule has 1 N–H and O–H groups in total. The maximum atomic E-state index is 12.4. The number of carbonyl (C=O) groups excluding carboxylic acids is 1. The van der Waals surface area contributed by atoms with Gasteiger partial charge in [-0.2, -0.15) is 0 Å². The lowest BCUT2D eigenvalue weighted by molar-refractivity contribution is 0.144. The number of amides is 1. The monoisotopic (exact) mass is 395 g/mol. The lowest BCUT2D eigenvalue weighted by Gasteiger charge is -2.20. The maximum absolute atomic E-state index is 12.4. The van der Waals surface area contributed by atoms with Gasteiger partial charge in [-0.25, -0.2) is 4.79 Å².